The molecule has 4 N–H and O–H groups in total. The van der Waals surface area contributed by atoms with Gasteiger partial charge in [-0.05, 0) is 95.0 Å². The number of aromatic amines is 1. The molecule has 0 saturated carbocycles. The lowest BCUT2D eigenvalue weighted by Gasteiger charge is -2.22. The van der Waals surface area contributed by atoms with Crippen LogP contribution in [0.25, 0.3) is 11.0 Å². The number of hydrogen-bond acceptors (Lipinski definition) is 9. The molecule has 0 fully saturated rings. The Labute approximate surface area is 304 Å². The molecular weight excluding hydrogens is 666 g/mol. The van der Waals surface area contributed by atoms with E-state index >= 15 is 0 Å². The van der Waals surface area contributed by atoms with E-state index in [-0.39, 0.29) is 18.4 Å². The van der Waals surface area contributed by atoms with E-state index in [4.69, 9.17) is 14.2 Å². The van der Waals surface area contributed by atoms with Crippen LogP contribution in [0.4, 0.5) is 16.2 Å². The molecule has 4 amide bonds. The summed E-state index contributed by atoms with van der Waals surface area (Å²) in [5, 5.41) is 7.16. The SMILES string of the molecule is COc1cc(C(=O)N(C)c2ccc(C)cc2OCCCCCC(=O)NN(C)C)ccc1NC(=O)c1cccc2[nH]c(CNC(=O)OC(C)(C)C)nc12. The predicted molar refractivity (Wildman–Crippen MR) is 200 cm³/mol. The number of benzene rings is 3. The lowest BCUT2D eigenvalue weighted by Crippen LogP contribution is -2.35. The number of aromatic nitrogens is 2. The number of methoxy groups -OCH3 is 1. The number of imidazole rings is 1. The van der Waals surface area contributed by atoms with Gasteiger partial charge < -0.3 is 34.7 Å². The van der Waals surface area contributed by atoms with Crippen molar-refractivity contribution in [2.75, 3.05) is 45.1 Å². The van der Waals surface area contributed by atoms with Crippen molar-refractivity contribution < 1.29 is 33.4 Å². The minimum absolute atomic E-state index is 0.0213. The molecule has 0 atom stereocenters. The van der Waals surface area contributed by atoms with E-state index in [0.29, 0.717) is 63.9 Å². The molecule has 52 heavy (non-hydrogen) atoms. The summed E-state index contributed by atoms with van der Waals surface area (Å²) >= 11 is 0. The lowest BCUT2D eigenvalue weighted by atomic mass is 10.1. The molecule has 4 rings (SSSR count). The number of unbranched alkanes of at least 4 members (excludes halogenated alkanes) is 2. The van der Waals surface area contributed by atoms with E-state index in [2.05, 4.69) is 26.0 Å². The third-order valence-electron chi connectivity index (χ3n) is 7.74. The molecule has 4 aromatic rings. The largest absolute Gasteiger partial charge is 0.495 e. The number of nitrogens with one attached hydrogen (secondary N) is 4. The Morgan fingerprint density at radius 3 is 2.40 bits per heavy atom. The topological polar surface area (TPSA) is 167 Å². The molecule has 0 aliphatic rings. The van der Waals surface area contributed by atoms with Gasteiger partial charge in [0.25, 0.3) is 11.8 Å². The average molecular weight is 716 g/mol. The maximum absolute atomic E-state index is 13.7. The summed E-state index contributed by atoms with van der Waals surface area (Å²) in [4.78, 5) is 60.3. The van der Waals surface area contributed by atoms with Gasteiger partial charge >= 0.3 is 6.09 Å². The number of aryl methyl sites for hydroxylation is 1. The van der Waals surface area contributed by atoms with Crippen LogP contribution < -0.4 is 30.4 Å². The van der Waals surface area contributed by atoms with E-state index in [1.807, 2.05) is 25.1 Å². The molecule has 0 aliphatic carbocycles. The zero-order valence-electron chi connectivity index (χ0n) is 31.1. The van der Waals surface area contributed by atoms with Crippen molar-refractivity contribution in [3.8, 4) is 11.5 Å². The fraction of sp³-hybridized carbons (Fsp3) is 0.395. The van der Waals surface area contributed by atoms with Gasteiger partial charge in [0.05, 0.1) is 42.7 Å². The van der Waals surface area contributed by atoms with Gasteiger partial charge in [-0.15, -0.1) is 0 Å². The predicted octanol–water partition coefficient (Wildman–Crippen LogP) is 5.97. The van der Waals surface area contributed by atoms with Crippen LogP contribution in [0.15, 0.2) is 54.6 Å². The number of anilines is 2. The minimum atomic E-state index is -0.638. The monoisotopic (exact) mass is 715 g/mol. The lowest BCUT2D eigenvalue weighted by molar-refractivity contribution is -0.124. The number of H-pyrrole nitrogens is 1. The van der Waals surface area contributed by atoms with Crippen LogP contribution in [0.5, 0.6) is 11.5 Å². The quantitative estimate of drug-likeness (QED) is 0.0857. The first-order chi connectivity index (χ1) is 24.6. The molecule has 0 unspecified atom stereocenters. The van der Waals surface area contributed by atoms with Gasteiger partial charge in [-0.3, -0.25) is 19.8 Å². The van der Waals surface area contributed by atoms with Crippen LogP contribution in [0.3, 0.4) is 0 Å². The van der Waals surface area contributed by atoms with Crippen molar-refractivity contribution >= 4 is 46.2 Å². The molecule has 0 radical (unpaired) electrons. The van der Waals surface area contributed by atoms with Crippen molar-refractivity contribution in [2.45, 2.75) is 65.5 Å². The van der Waals surface area contributed by atoms with Crippen molar-refractivity contribution in [1.82, 2.24) is 25.7 Å². The van der Waals surface area contributed by atoms with Crippen LogP contribution in [-0.4, -0.2) is 79.3 Å². The molecule has 14 heteroatoms. The van der Waals surface area contributed by atoms with E-state index in [9.17, 15) is 19.2 Å². The summed E-state index contributed by atoms with van der Waals surface area (Å²) in [6, 6.07) is 15.6. The van der Waals surface area contributed by atoms with Crippen molar-refractivity contribution in [1.29, 1.82) is 0 Å². The molecule has 278 valence electrons. The molecule has 1 aromatic heterocycles. The summed E-state index contributed by atoms with van der Waals surface area (Å²) in [7, 11) is 6.68. The van der Waals surface area contributed by atoms with Crippen LogP contribution in [0.2, 0.25) is 0 Å². The highest BCUT2D eigenvalue weighted by Gasteiger charge is 2.22. The number of carbonyl (C=O) groups is 4. The summed E-state index contributed by atoms with van der Waals surface area (Å²) in [6.45, 7) is 7.80. The Morgan fingerprint density at radius 2 is 1.69 bits per heavy atom. The number of amides is 4. The van der Waals surface area contributed by atoms with Crippen LogP contribution in [0, 0.1) is 6.92 Å². The molecule has 0 saturated heterocycles. The fourth-order valence-electron chi connectivity index (χ4n) is 5.31. The Morgan fingerprint density at radius 1 is 0.923 bits per heavy atom. The van der Waals surface area contributed by atoms with Crippen molar-refractivity contribution in [3.63, 3.8) is 0 Å². The Balaban J connectivity index is 1.41. The second-order valence-electron chi connectivity index (χ2n) is 13.5. The van der Waals surface area contributed by atoms with Gasteiger partial charge in [-0.25, -0.2) is 14.8 Å². The normalized spacial score (nSPS) is 11.2. The zero-order valence-corrected chi connectivity index (χ0v) is 31.1. The van der Waals surface area contributed by atoms with Crippen molar-refractivity contribution in [3.05, 3.63) is 77.1 Å². The molecule has 3 aromatic carbocycles. The van der Waals surface area contributed by atoms with Gasteiger partial charge in [0, 0.05) is 33.1 Å². The van der Waals surface area contributed by atoms with E-state index in [1.165, 1.54) is 12.0 Å². The third kappa shape index (κ3) is 10.9. The average Bonchev–Trinajstić information content (AvgIpc) is 3.51. The number of fused-ring (bicyclic) bond motifs is 1. The number of carbonyl (C=O) groups excluding carboxylic acids is 4. The number of rotatable bonds is 15. The molecule has 0 aliphatic heterocycles. The van der Waals surface area contributed by atoms with Gasteiger partial charge in [-0.2, -0.15) is 0 Å². The van der Waals surface area contributed by atoms with E-state index < -0.39 is 17.6 Å². The fourth-order valence-corrected chi connectivity index (χ4v) is 5.31. The van der Waals surface area contributed by atoms with Crippen LogP contribution in [-0.2, 0) is 16.1 Å². The van der Waals surface area contributed by atoms with Gasteiger partial charge in [0.2, 0.25) is 5.91 Å². The number of hydrazine groups is 1. The number of para-hydroxylation sites is 1. The summed E-state index contributed by atoms with van der Waals surface area (Å²) < 4.78 is 17.0. The highest BCUT2D eigenvalue weighted by atomic mass is 16.6. The van der Waals surface area contributed by atoms with Crippen molar-refractivity contribution in [2.24, 2.45) is 0 Å². The molecule has 0 bridgehead atoms. The number of hydrogen-bond donors (Lipinski definition) is 4. The molecule has 14 nitrogen and oxygen atoms in total. The third-order valence-corrected chi connectivity index (χ3v) is 7.74. The maximum Gasteiger partial charge on any atom is 0.408 e. The number of alkyl carbamates (subject to hydrolysis) is 1. The molecular formula is C38H49N7O7. The highest BCUT2D eigenvalue weighted by molar-refractivity contribution is 6.12. The Kier molecular flexibility index (Phi) is 13.2. The Hall–Kier alpha value is -5.63. The second-order valence-corrected chi connectivity index (χ2v) is 13.5. The first-order valence-corrected chi connectivity index (χ1v) is 17.1. The summed E-state index contributed by atoms with van der Waals surface area (Å²) in [5.74, 6) is 0.570. The Bertz CT molecular complexity index is 1900. The van der Waals surface area contributed by atoms with Gasteiger partial charge in [0.1, 0.15) is 28.4 Å². The number of ether oxygens (including phenoxy) is 3. The van der Waals surface area contributed by atoms with Crippen LogP contribution >= 0.6 is 0 Å². The zero-order chi connectivity index (χ0) is 38.0. The van der Waals surface area contributed by atoms with E-state index in [0.717, 1.165) is 24.8 Å². The summed E-state index contributed by atoms with van der Waals surface area (Å²) in [6.07, 6.45) is 2.19. The second kappa shape index (κ2) is 17.5. The molecule has 0 spiro atoms. The smallest absolute Gasteiger partial charge is 0.408 e. The summed E-state index contributed by atoms with van der Waals surface area (Å²) in [5.41, 5.74) is 5.75. The number of nitrogens with zero attached hydrogens (tertiary/aromatic N) is 3. The first kappa shape index (κ1) is 39.2. The highest BCUT2D eigenvalue weighted by Crippen LogP contribution is 2.32. The van der Waals surface area contributed by atoms with Gasteiger partial charge in [0.15, 0.2) is 0 Å². The first-order valence-electron chi connectivity index (χ1n) is 17.1. The minimum Gasteiger partial charge on any atom is -0.495 e. The maximum atomic E-state index is 13.7. The van der Waals surface area contributed by atoms with Crippen LogP contribution in [0.1, 0.15) is 78.6 Å². The van der Waals surface area contributed by atoms with Gasteiger partial charge in [-0.1, -0.05) is 12.1 Å². The molecule has 1 heterocycles. The van der Waals surface area contributed by atoms with E-state index in [1.54, 1.807) is 83.3 Å². The standard InChI is InChI=1S/C38H49N7O7/c1-24-16-19-29(31(21-24)51-20-11-9-10-15-33(46)43-44(5)6)45(7)36(48)25-17-18-27(30(22-25)50-8)41-35(47)26-13-12-14-28-34(26)42-32(40-28)23-39-37(49)52-38(2,3)4/h12-14,16-19,21-22H,9-11,15,20,23H2,1-8H3,(H,39,49)(H,40,42)(H,41,47)(H,43,46).